The number of hydrogen-bond acceptors (Lipinski definition) is 3. The SMILES string of the molecule is CCOC(=O)C[C@H](N)c1c(F)cc(F)cc1F.Cl. The van der Waals surface area contributed by atoms with E-state index in [1.165, 1.54) is 0 Å². The average Bonchev–Trinajstić information content (AvgIpc) is 2.15. The minimum absolute atomic E-state index is 0. The molecule has 0 saturated carbocycles. The topological polar surface area (TPSA) is 52.3 Å². The van der Waals surface area contributed by atoms with Crippen LogP contribution in [0.15, 0.2) is 12.1 Å². The van der Waals surface area contributed by atoms with Crippen molar-refractivity contribution in [1.29, 1.82) is 0 Å². The Labute approximate surface area is 109 Å². The zero-order chi connectivity index (χ0) is 13.0. The highest BCUT2D eigenvalue weighted by Gasteiger charge is 2.21. The van der Waals surface area contributed by atoms with Gasteiger partial charge in [0.05, 0.1) is 13.0 Å². The molecule has 7 heteroatoms. The Bertz CT molecular complexity index is 406. The summed E-state index contributed by atoms with van der Waals surface area (Å²) in [6, 6.07) is -0.165. The van der Waals surface area contributed by atoms with Crippen LogP contribution < -0.4 is 5.73 Å². The van der Waals surface area contributed by atoms with Crippen molar-refractivity contribution in [3.8, 4) is 0 Å². The lowest BCUT2D eigenvalue weighted by molar-refractivity contribution is -0.143. The van der Waals surface area contributed by atoms with Crippen molar-refractivity contribution in [2.45, 2.75) is 19.4 Å². The molecule has 0 amide bonds. The van der Waals surface area contributed by atoms with E-state index in [-0.39, 0.29) is 25.4 Å². The van der Waals surface area contributed by atoms with Gasteiger partial charge >= 0.3 is 5.97 Å². The number of esters is 1. The Morgan fingerprint density at radius 1 is 1.33 bits per heavy atom. The quantitative estimate of drug-likeness (QED) is 0.864. The van der Waals surface area contributed by atoms with Crippen LogP contribution in [0.5, 0.6) is 0 Å². The molecule has 0 spiro atoms. The molecular weight excluding hydrogens is 271 g/mol. The summed E-state index contributed by atoms with van der Waals surface area (Å²) in [6.45, 7) is 1.75. The van der Waals surface area contributed by atoms with Gasteiger partial charge in [-0.25, -0.2) is 13.2 Å². The molecule has 3 nitrogen and oxygen atoms in total. The van der Waals surface area contributed by atoms with Crippen LogP contribution in [-0.2, 0) is 9.53 Å². The van der Waals surface area contributed by atoms with Gasteiger partial charge in [-0.2, -0.15) is 0 Å². The van der Waals surface area contributed by atoms with Crippen LogP contribution in [0.25, 0.3) is 0 Å². The van der Waals surface area contributed by atoms with Gasteiger partial charge in [0.15, 0.2) is 0 Å². The van der Waals surface area contributed by atoms with Crippen molar-refractivity contribution in [3.63, 3.8) is 0 Å². The van der Waals surface area contributed by atoms with Gasteiger partial charge < -0.3 is 10.5 Å². The zero-order valence-electron chi connectivity index (χ0n) is 9.58. The van der Waals surface area contributed by atoms with Crippen LogP contribution in [0.4, 0.5) is 13.2 Å². The van der Waals surface area contributed by atoms with Gasteiger partial charge in [-0.3, -0.25) is 4.79 Å². The number of benzene rings is 1. The number of ether oxygens (including phenoxy) is 1. The molecule has 0 aliphatic rings. The minimum atomic E-state index is -1.20. The molecule has 1 aromatic carbocycles. The molecule has 18 heavy (non-hydrogen) atoms. The van der Waals surface area contributed by atoms with Gasteiger partial charge in [-0.15, -0.1) is 12.4 Å². The summed E-state index contributed by atoms with van der Waals surface area (Å²) >= 11 is 0. The fourth-order valence-electron chi connectivity index (χ4n) is 1.41. The maximum absolute atomic E-state index is 13.3. The number of carbonyl (C=O) groups is 1. The number of carbonyl (C=O) groups excluding carboxylic acids is 1. The van der Waals surface area contributed by atoms with E-state index in [1.54, 1.807) is 6.92 Å². The molecule has 1 atom stereocenters. The molecule has 0 aliphatic carbocycles. The summed E-state index contributed by atoms with van der Waals surface area (Å²) in [7, 11) is 0. The summed E-state index contributed by atoms with van der Waals surface area (Å²) < 4.78 is 43.8. The fourth-order valence-corrected chi connectivity index (χ4v) is 1.41. The summed E-state index contributed by atoms with van der Waals surface area (Å²) in [6.07, 6.45) is -0.368. The third-order valence-electron chi connectivity index (χ3n) is 2.11. The van der Waals surface area contributed by atoms with Crippen molar-refractivity contribution in [2.24, 2.45) is 5.73 Å². The highest BCUT2D eigenvalue weighted by atomic mass is 35.5. The normalized spacial score (nSPS) is 11.6. The van der Waals surface area contributed by atoms with Crippen molar-refractivity contribution < 1.29 is 22.7 Å². The van der Waals surface area contributed by atoms with Crippen LogP contribution in [0.2, 0.25) is 0 Å². The molecular formula is C11H13ClF3NO2. The Morgan fingerprint density at radius 3 is 2.28 bits per heavy atom. The molecule has 0 unspecified atom stereocenters. The first-order chi connectivity index (χ1) is 7.95. The Morgan fingerprint density at radius 2 is 1.83 bits per heavy atom. The first-order valence-corrected chi connectivity index (χ1v) is 5.01. The standard InChI is InChI=1S/C11H12F3NO2.ClH/c1-2-17-10(16)5-9(15)11-7(13)3-6(12)4-8(11)14;/h3-4,9H,2,5,15H2,1H3;1H/t9-;/m0./s1. The lowest BCUT2D eigenvalue weighted by Gasteiger charge is -2.13. The van der Waals surface area contributed by atoms with Crippen molar-refractivity contribution in [2.75, 3.05) is 6.61 Å². The molecule has 0 heterocycles. The highest BCUT2D eigenvalue weighted by molar-refractivity contribution is 5.85. The molecule has 0 radical (unpaired) electrons. The van der Waals surface area contributed by atoms with Gasteiger partial charge in [-0.05, 0) is 6.92 Å². The molecule has 1 rings (SSSR count). The molecule has 0 saturated heterocycles. The number of rotatable bonds is 4. The van der Waals surface area contributed by atoms with Crippen LogP contribution in [0, 0.1) is 17.5 Å². The molecule has 102 valence electrons. The predicted octanol–water partition coefficient (Wildman–Crippen LogP) is 2.48. The highest BCUT2D eigenvalue weighted by Crippen LogP contribution is 2.22. The Kier molecular flexibility index (Phi) is 6.72. The van der Waals surface area contributed by atoms with Gasteiger partial charge in [0, 0.05) is 23.7 Å². The third-order valence-corrected chi connectivity index (χ3v) is 2.11. The summed E-state index contributed by atoms with van der Waals surface area (Å²) in [4.78, 5) is 11.1. The first kappa shape index (κ1) is 16.7. The predicted molar refractivity (Wildman–Crippen MR) is 61.7 cm³/mol. The van der Waals surface area contributed by atoms with E-state index >= 15 is 0 Å². The minimum Gasteiger partial charge on any atom is -0.466 e. The van der Waals surface area contributed by atoms with E-state index in [0.717, 1.165) is 0 Å². The molecule has 0 aliphatic heterocycles. The van der Waals surface area contributed by atoms with E-state index in [4.69, 9.17) is 5.73 Å². The number of hydrogen-bond donors (Lipinski definition) is 1. The summed E-state index contributed by atoms with van der Waals surface area (Å²) in [5.41, 5.74) is 4.96. The number of nitrogens with two attached hydrogens (primary N) is 1. The molecule has 0 aromatic heterocycles. The van der Waals surface area contributed by atoms with Gasteiger partial charge in [0.25, 0.3) is 0 Å². The monoisotopic (exact) mass is 283 g/mol. The van der Waals surface area contributed by atoms with Crippen LogP contribution in [0.3, 0.4) is 0 Å². The van der Waals surface area contributed by atoms with Crippen LogP contribution in [-0.4, -0.2) is 12.6 Å². The summed E-state index contributed by atoms with van der Waals surface area (Å²) in [5.74, 6) is -3.92. The van der Waals surface area contributed by atoms with Crippen LogP contribution >= 0.6 is 12.4 Å². The maximum Gasteiger partial charge on any atom is 0.307 e. The lowest BCUT2D eigenvalue weighted by atomic mass is 10.0. The molecule has 0 bridgehead atoms. The van der Waals surface area contributed by atoms with E-state index in [9.17, 15) is 18.0 Å². The van der Waals surface area contributed by atoms with Crippen molar-refractivity contribution in [1.82, 2.24) is 0 Å². The molecule has 1 aromatic rings. The van der Waals surface area contributed by atoms with Crippen molar-refractivity contribution in [3.05, 3.63) is 35.1 Å². The largest absolute Gasteiger partial charge is 0.466 e. The second-order valence-electron chi connectivity index (χ2n) is 3.40. The first-order valence-electron chi connectivity index (χ1n) is 5.01. The fraction of sp³-hybridized carbons (Fsp3) is 0.364. The van der Waals surface area contributed by atoms with Gasteiger partial charge in [-0.1, -0.05) is 0 Å². The molecule has 2 N–H and O–H groups in total. The van der Waals surface area contributed by atoms with E-state index < -0.39 is 35.0 Å². The number of halogens is 4. The van der Waals surface area contributed by atoms with Crippen molar-refractivity contribution >= 4 is 18.4 Å². The zero-order valence-corrected chi connectivity index (χ0v) is 10.4. The van der Waals surface area contributed by atoms with Gasteiger partial charge in [0.2, 0.25) is 0 Å². The lowest BCUT2D eigenvalue weighted by Crippen LogP contribution is -2.20. The van der Waals surface area contributed by atoms with E-state index in [1.807, 2.05) is 0 Å². The second-order valence-corrected chi connectivity index (χ2v) is 3.40. The van der Waals surface area contributed by atoms with Gasteiger partial charge in [0.1, 0.15) is 17.5 Å². The second kappa shape index (κ2) is 7.23. The third kappa shape index (κ3) is 4.19. The van der Waals surface area contributed by atoms with E-state index in [0.29, 0.717) is 12.1 Å². The Hall–Kier alpha value is -1.27. The maximum atomic E-state index is 13.3. The van der Waals surface area contributed by atoms with Crippen LogP contribution in [0.1, 0.15) is 24.9 Å². The Balaban J connectivity index is 0.00000289. The average molecular weight is 284 g/mol. The summed E-state index contributed by atoms with van der Waals surface area (Å²) in [5, 5.41) is 0. The molecule has 0 fully saturated rings. The van der Waals surface area contributed by atoms with E-state index in [2.05, 4.69) is 4.74 Å². The smallest absolute Gasteiger partial charge is 0.307 e.